The average molecular weight is 531 g/mol. The Hall–Kier alpha value is -3.20. The second kappa shape index (κ2) is 13.2. The van der Waals surface area contributed by atoms with Crippen molar-refractivity contribution in [2.45, 2.75) is 38.3 Å². The number of hydrogen-bond donors (Lipinski definition) is 2. The summed E-state index contributed by atoms with van der Waals surface area (Å²) in [6.07, 6.45) is -8.22. The molecule has 2 heterocycles. The van der Waals surface area contributed by atoms with Crippen LogP contribution in [0.2, 0.25) is 0 Å². The van der Waals surface area contributed by atoms with E-state index in [-0.39, 0.29) is 5.82 Å². The van der Waals surface area contributed by atoms with Gasteiger partial charge in [0.2, 0.25) is 0 Å². The number of carboxylic acid groups (broad SMARTS) is 2. The van der Waals surface area contributed by atoms with Crippen LogP contribution >= 0.6 is 0 Å². The molecule has 1 aliphatic rings. The third-order valence-electron chi connectivity index (χ3n) is 4.65. The van der Waals surface area contributed by atoms with E-state index >= 15 is 0 Å². The Morgan fingerprint density at radius 2 is 1.56 bits per heavy atom. The van der Waals surface area contributed by atoms with Gasteiger partial charge in [0, 0.05) is 50.5 Å². The molecule has 0 aliphatic carbocycles. The highest BCUT2D eigenvalue weighted by Crippen LogP contribution is 2.29. The molecule has 3 rings (SSSR count). The number of alkyl halides is 6. The molecular formula is C21H24F7N3O5. The lowest BCUT2D eigenvalue weighted by molar-refractivity contribution is -0.193. The topological polar surface area (TPSA) is 105 Å². The van der Waals surface area contributed by atoms with Crippen LogP contribution in [0, 0.1) is 5.82 Å². The van der Waals surface area contributed by atoms with Gasteiger partial charge in [-0.05, 0) is 24.6 Å². The van der Waals surface area contributed by atoms with Crippen molar-refractivity contribution in [3.05, 3.63) is 53.1 Å². The van der Waals surface area contributed by atoms with E-state index in [1.807, 2.05) is 37.0 Å². The minimum absolute atomic E-state index is 0.189. The van der Waals surface area contributed by atoms with Gasteiger partial charge in [0.25, 0.3) is 0 Å². The van der Waals surface area contributed by atoms with Crippen LogP contribution in [0.4, 0.5) is 30.7 Å². The van der Waals surface area contributed by atoms with Crippen molar-refractivity contribution in [2.24, 2.45) is 7.05 Å². The van der Waals surface area contributed by atoms with Crippen LogP contribution < -0.4 is 0 Å². The van der Waals surface area contributed by atoms with Gasteiger partial charge in [0.15, 0.2) is 0 Å². The molecular weight excluding hydrogens is 507 g/mol. The van der Waals surface area contributed by atoms with Crippen LogP contribution in [0.3, 0.4) is 0 Å². The number of aryl methyl sites for hydroxylation is 1. The first kappa shape index (κ1) is 30.8. The molecule has 15 heteroatoms. The molecule has 0 bridgehead atoms. The van der Waals surface area contributed by atoms with Crippen molar-refractivity contribution in [1.29, 1.82) is 0 Å². The number of aromatic nitrogens is 2. The highest BCUT2D eigenvalue weighted by atomic mass is 19.4. The zero-order chi connectivity index (χ0) is 27.7. The maximum Gasteiger partial charge on any atom is 0.490 e. The minimum atomic E-state index is -5.08. The second-order valence-electron chi connectivity index (χ2n) is 7.44. The molecule has 36 heavy (non-hydrogen) atoms. The highest BCUT2D eigenvalue weighted by molar-refractivity contribution is 5.73. The standard InChI is InChI=1S/C17H22FN3O.2C2HF3O2/c1-3-22-12-15-11-21(9-13-4-6-16(18)7-5-13)10-14-8-19-20(2)17(14)15;2*3-2(4,5)1(6)7/h4-8,15H,3,9-12H2,1-2H3;2*(H,6,7). The quantitative estimate of drug-likeness (QED) is 0.563. The molecule has 2 N–H and O–H groups in total. The molecule has 0 saturated heterocycles. The number of rotatable bonds is 5. The molecule has 1 atom stereocenters. The van der Waals surface area contributed by atoms with Gasteiger partial charge in [-0.2, -0.15) is 31.4 Å². The normalized spacial score (nSPS) is 15.6. The van der Waals surface area contributed by atoms with Crippen LogP contribution in [0.5, 0.6) is 0 Å². The summed E-state index contributed by atoms with van der Waals surface area (Å²) < 4.78 is 84.1. The Balaban J connectivity index is 0.000000383. The summed E-state index contributed by atoms with van der Waals surface area (Å²) in [7, 11) is 1.99. The molecule has 1 aromatic carbocycles. The van der Waals surface area contributed by atoms with Crippen molar-refractivity contribution in [3.63, 3.8) is 0 Å². The Bertz CT molecular complexity index is 967. The van der Waals surface area contributed by atoms with Gasteiger partial charge in [-0.3, -0.25) is 9.58 Å². The van der Waals surface area contributed by atoms with Crippen molar-refractivity contribution in [3.8, 4) is 0 Å². The third-order valence-corrected chi connectivity index (χ3v) is 4.65. The van der Waals surface area contributed by atoms with Crippen molar-refractivity contribution in [2.75, 3.05) is 19.8 Å². The van der Waals surface area contributed by atoms with E-state index in [0.29, 0.717) is 12.5 Å². The Morgan fingerprint density at radius 3 is 2.00 bits per heavy atom. The number of ether oxygens (including phenoxy) is 1. The van der Waals surface area contributed by atoms with Gasteiger partial charge < -0.3 is 14.9 Å². The number of benzene rings is 1. The van der Waals surface area contributed by atoms with E-state index in [1.54, 1.807) is 0 Å². The SMILES string of the molecule is CCOCC1CN(Cc2ccc(F)cc2)Cc2cnn(C)c21.O=C(O)C(F)(F)F.O=C(O)C(F)(F)F. The third kappa shape index (κ3) is 10.2. The smallest absolute Gasteiger partial charge is 0.475 e. The lowest BCUT2D eigenvalue weighted by atomic mass is 9.96. The first-order valence-corrected chi connectivity index (χ1v) is 10.2. The molecule has 1 aromatic heterocycles. The van der Waals surface area contributed by atoms with Crippen molar-refractivity contribution >= 4 is 11.9 Å². The molecule has 1 unspecified atom stereocenters. The van der Waals surface area contributed by atoms with E-state index in [9.17, 15) is 30.7 Å². The van der Waals surface area contributed by atoms with Crippen LogP contribution in [0.1, 0.15) is 29.7 Å². The van der Waals surface area contributed by atoms with Crippen LogP contribution in [-0.2, 0) is 34.5 Å². The summed E-state index contributed by atoms with van der Waals surface area (Å²) in [6, 6.07) is 6.75. The first-order valence-electron chi connectivity index (χ1n) is 10.2. The average Bonchev–Trinajstić information content (AvgIpc) is 3.14. The van der Waals surface area contributed by atoms with Crippen LogP contribution in [-0.4, -0.2) is 68.9 Å². The summed E-state index contributed by atoms with van der Waals surface area (Å²) in [6.45, 7) is 6.08. The van der Waals surface area contributed by atoms with Gasteiger partial charge in [0.1, 0.15) is 5.82 Å². The number of aliphatic carboxylic acids is 2. The number of carbonyl (C=O) groups is 2. The Kier molecular flexibility index (Phi) is 11.3. The number of fused-ring (bicyclic) bond motifs is 1. The van der Waals surface area contributed by atoms with E-state index in [0.717, 1.165) is 31.8 Å². The zero-order valence-corrected chi connectivity index (χ0v) is 19.1. The fourth-order valence-electron chi connectivity index (χ4n) is 3.20. The van der Waals surface area contributed by atoms with Gasteiger partial charge in [-0.1, -0.05) is 12.1 Å². The Labute approximate surface area is 200 Å². The first-order chi connectivity index (χ1) is 16.6. The van der Waals surface area contributed by atoms with E-state index in [1.165, 1.54) is 23.4 Å². The molecule has 0 spiro atoms. The van der Waals surface area contributed by atoms with Gasteiger partial charge >= 0.3 is 24.3 Å². The number of nitrogens with zero attached hydrogens (tertiary/aromatic N) is 3. The lowest BCUT2D eigenvalue weighted by Gasteiger charge is -2.33. The summed E-state index contributed by atoms with van der Waals surface area (Å²) in [5.41, 5.74) is 3.67. The number of carboxylic acids is 2. The predicted molar refractivity (Wildman–Crippen MR) is 110 cm³/mol. The number of halogens is 7. The lowest BCUT2D eigenvalue weighted by Crippen LogP contribution is -2.35. The maximum absolute atomic E-state index is 13.0. The van der Waals surface area contributed by atoms with E-state index in [4.69, 9.17) is 24.5 Å². The Morgan fingerprint density at radius 1 is 1.06 bits per heavy atom. The molecule has 2 aromatic rings. The second-order valence-corrected chi connectivity index (χ2v) is 7.44. The predicted octanol–water partition coefficient (Wildman–Crippen LogP) is 3.96. The maximum atomic E-state index is 13.0. The van der Waals surface area contributed by atoms with Crippen molar-refractivity contribution < 1.29 is 55.3 Å². The van der Waals surface area contributed by atoms with Gasteiger partial charge in [-0.25, -0.2) is 14.0 Å². The van der Waals surface area contributed by atoms with Gasteiger partial charge in [-0.15, -0.1) is 0 Å². The molecule has 202 valence electrons. The van der Waals surface area contributed by atoms with Crippen LogP contribution in [0.15, 0.2) is 30.5 Å². The molecule has 0 amide bonds. The molecule has 0 fully saturated rings. The molecule has 0 radical (unpaired) electrons. The van der Waals surface area contributed by atoms with Gasteiger partial charge in [0.05, 0.1) is 12.8 Å². The largest absolute Gasteiger partial charge is 0.490 e. The zero-order valence-electron chi connectivity index (χ0n) is 19.1. The molecule has 1 aliphatic heterocycles. The summed E-state index contributed by atoms with van der Waals surface area (Å²) in [5, 5.41) is 18.6. The van der Waals surface area contributed by atoms with E-state index < -0.39 is 24.3 Å². The monoisotopic (exact) mass is 531 g/mol. The summed E-state index contributed by atoms with van der Waals surface area (Å²) >= 11 is 0. The highest BCUT2D eigenvalue weighted by Gasteiger charge is 2.38. The fourth-order valence-corrected chi connectivity index (χ4v) is 3.20. The van der Waals surface area contributed by atoms with Crippen LogP contribution in [0.25, 0.3) is 0 Å². The molecule has 8 nitrogen and oxygen atoms in total. The fraction of sp³-hybridized carbons (Fsp3) is 0.476. The number of hydrogen-bond acceptors (Lipinski definition) is 5. The summed E-state index contributed by atoms with van der Waals surface area (Å²) in [5.74, 6) is -5.37. The molecule has 0 saturated carbocycles. The summed E-state index contributed by atoms with van der Waals surface area (Å²) in [4.78, 5) is 20.2. The van der Waals surface area contributed by atoms with Crippen molar-refractivity contribution in [1.82, 2.24) is 14.7 Å². The minimum Gasteiger partial charge on any atom is -0.475 e. The van der Waals surface area contributed by atoms with E-state index in [2.05, 4.69) is 10.00 Å².